The first-order valence-electron chi connectivity index (χ1n) is 8.59. The lowest BCUT2D eigenvalue weighted by molar-refractivity contribution is -0.137. The van der Waals surface area contributed by atoms with Crippen molar-refractivity contribution >= 4 is 17.5 Å². The maximum absolute atomic E-state index is 13.1. The van der Waals surface area contributed by atoms with E-state index in [1.165, 1.54) is 24.4 Å². The molecule has 0 saturated heterocycles. The quantitative estimate of drug-likeness (QED) is 0.662. The number of nitrogens with one attached hydrogen (secondary N) is 1. The Bertz CT molecular complexity index is 1110. The fraction of sp³-hybridized carbons (Fsp3) is 0.143. The number of aryl methyl sites for hydroxylation is 1. The molecule has 0 spiro atoms. The lowest BCUT2D eigenvalue weighted by Gasteiger charge is -2.14. The minimum absolute atomic E-state index is 0.0668. The number of carbonyl (C=O) groups excluding carboxylic acids is 1. The lowest BCUT2D eigenvalue weighted by Crippen LogP contribution is -2.32. The van der Waals surface area contributed by atoms with E-state index in [0.717, 1.165) is 22.3 Å². The van der Waals surface area contributed by atoms with Crippen LogP contribution in [0.4, 0.5) is 13.2 Å². The zero-order valence-electron chi connectivity index (χ0n) is 15.3. The van der Waals surface area contributed by atoms with Gasteiger partial charge in [-0.1, -0.05) is 29.8 Å². The van der Waals surface area contributed by atoms with Gasteiger partial charge in [0.15, 0.2) is 0 Å². The number of pyridine rings is 1. The van der Waals surface area contributed by atoms with Gasteiger partial charge in [-0.05, 0) is 54.4 Å². The molecule has 0 saturated carbocycles. The van der Waals surface area contributed by atoms with Gasteiger partial charge in [-0.15, -0.1) is 0 Å². The van der Waals surface area contributed by atoms with Gasteiger partial charge in [0.1, 0.15) is 5.56 Å². The second-order valence-electron chi connectivity index (χ2n) is 6.41. The van der Waals surface area contributed by atoms with Crippen LogP contribution in [0.3, 0.4) is 0 Å². The molecule has 8 heteroatoms. The molecule has 0 aliphatic heterocycles. The van der Waals surface area contributed by atoms with E-state index in [9.17, 15) is 22.8 Å². The van der Waals surface area contributed by atoms with Crippen molar-refractivity contribution in [1.82, 2.24) is 9.88 Å². The zero-order chi connectivity index (χ0) is 21.2. The maximum atomic E-state index is 13.1. The number of alkyl halides is 3. The third kappa shape index (κ3) is 4.68. The molecular formula is C21H16ClF3N2O2. The van der Waals surface area contributed by atoms with Crippen LogP contribution in [0, 0.1) is 6.92 Å². The van der Waals surface area contributed by atoms with Crippen molar-refractivity contribution in [1.29, 1.82) is 0 Å². The van der Waals surface area contributed by atoms with Crippen LogP contribution < -0.4 is 10.9 Å². The van der Waals surface area contributed by atoms with Gasteiger partial charge < -0.3 is 5.32 Å². The number of hydrogen-bond acceptors (Lipinski definition) is 2. The molecule has 2 aromatic carbocycles. The maximum Gasteiger partial charge on any atom is 0.416 e. The smallest absolute Gasteiger partial charge is 0.348 e. The summed E-state index contributed by atoms with van der Waals surface area (Å²) >= 11 is 5.82. The molecule has 1 N–H and O–H groups in total. The number of carbonyl (C=O) groups is 1. The number of aromatic nitrogens is 1. The van der Waals surface area contributed by atoms with E-state index < -0.39 is 23.2 Å². The first-order chi connectivity index (χ1) is 13.7. The number of amides is 1. The fourth-order valence-electron chi connectivity index (χ4n) is 2.78. The molecule has 3 aromatic rings. The standard InChI is InChI=1S/C21H16ClF3N2O2/c1-13-4-7-15(21(23,24)25)11-18(13)27-10-2-3-17(20(27)29)19(28)26-12-14-5-8-16(22)9-6-14/h2-11H,12H2,1H3,(H,26,28). The molecule has 0 bridgehead atoms. The molecule has 3 rings (SSSR count). The number of halogens is 4. The highest BCUT2D eigenvalue weighted by Gasteiger charge is 2.31. The van der Waals surface area contributed by atoms with Crippen LogP contribution in [0.25, 0.3) is 5.69 Å². The Balaban J connectivity index is 1.91. The zero-order valence-corrected chi connectivity index (χ0v) is 16.0. The highest BCUT2D eigenvalue weighted by Crippen LogP contribution is 2.31. The first kappa shape index (κ1) is 20.7. The van der Waals surface area contributed by atoms with Gasteiger partial charge in [0.2, 0.25) is 0 Å². The van der Waals surface area contributed by atoms with Gasteiger partial charge >= 0.3 is 6.18 Å². The summed E-state index contributed by atoms with van der Waals surface area (Å²) in [5, 5.41) is 3.19. The van der Waals surface area contributed by atoms with Crippen LogP contribution >= 0.6 is 11.6 Å². The van der Waals surface area contributed by atoms with Gasteiger partial charge in [-0.2, -0.15) is 13.2 Å². The molecule has 1 aromatic heterocycles. The molecule has 150 valence electrons. The predicted molar refractivity (Wildman–Crippen MR) is 104 cm³/mol. The van der Waals surface area contributed by atoms with Gasteiger partial charge in [-0.25, -0.2) is 0 Å². The average molecular weight is 421 g/mol. The summed E-state index contributed by atoms with van der Waals surface area (Å²) in [5.41, 5.74) is -0.423. The van der Waals surface area contributed by atoms with Crippen LogP contribution in [0.1, 0.15) is 27.0 Å². The Morgan fingerprint density at radius 1 is 1.10 bits per heavy atom. The summed E-state index contributed by atoms with van der Waals surface area (Å²) in [6.45, 7) is 1.77. The number of hydrogen-bond donors (Lipinski definition) is 1. The first-order valence-corrected chi connectivity index (χ1v) is 8.97. The Labute approximate surface area is 169 Å². The molecule has 0 atom stereocenters. The van der Waals surface area contributed by atoms with E-state index >= 15 is 0 Å². The predicted octanol–water partition coefficient (Wildman–Crippen LogP) is 4.75. The average Bonchev–Trinajstić information content (AvgIpc) is 2.67. The van der Waals surface area contributed by atoms with E-state index in [1.54, 1.807) is 31.2 Å². The monoisotopic (exact) mass is 420 g/mol. The Hall–Kier alpha value is -3.06. The number of benzene rings is 2. The summed E-state index contributed by atoms with van der Waals surface area (Å²) in [6, 6.07) is 12.7. The Kier molecular flexibility index (Phi) is 5.79. The summed E-state index contributed by atoms with van der Waals surface area (Å²) in [7, 11) is 0. The normalized spacial score (nSPS) is 11.3. The SMILES string of the molecule is Cc1ccc(C(F)(F)F)cc1-n1cccc(C(=O)NCc2ccc(Cl)cc2)c1=O. The lowest BCUT2D eigenvalue weighted by atomic mass is 10.1. The molecule has 4 nitrogen and oxygen atoms in total. The Morgan fingerprint density at radius 2 is 1.79 bits per heavy atom. The molecule has 0 unspecified atom stereocenters. The third-order valence-electron chi connectivity index (χ3n) is 4.35. The van der Waals surface area contributed by atoms with Gasteiger partial charge in [0.25, 0.3) is 11.5 Å². The molecular weight excluding hydrogens is 405 g/mol. The number of nitrogens with zero attached hydrogens (tertiary/aromatic N) is 1. The highest BCUT2D eigenvalue weighted by atomic mass is 35.5. The minimum atomic E-state index is -4.54. The van der Waals surface area contributed by atoms with Gasteiger partial charge in [0.05, 0.1) is 11.3 Å². The van der Waals surface area contributed by atoms with Crippen LogP contribution in [-0.4, -0.2) is 10.5 Å². The van der Waals surface area contributed by atoms with Gasteiger partial charge in [-0.3, -0.25) is 14.2 Å². The third-order valence-corrected chi connectivity index (χ3v) is 4.61. The van der Waals surface area contributed by atoms with Crippen LogP contribution in [0.5, 0.6) is 0 Å². The van der Waals surface area contributed by atoms with Crippen molar-refractivity contribution in [2.24, 2.45) is 0 Å². The summed E-state index contributed by atoms with van der Waals surface area (Å²) in [4.78, 5) is 25.3. The number of rotatable bonds is 4. The molecule has 0 fully saturated rings. The summed E-state index contributed by atoms with van der Waals surface area (Å²) in [6.07, 6.45) is -3.21. The van der Waals surface area contributed by atoms with Crippen molar-refractivity contribution in [3.8, 4) is 5.69 Å². The van der Waals surface area contributed by atoms with E-state index in [2.05, 4.69) is 5.32 Å². The highest BCUT2D eigenvalue weighted by molar-refractivity contribution is 6.30. The van der Waals surface area contributed by atoms with E-state index in [0.29, 0.717) is 10.6 Å². The van der Waals surface area contributed by atoms with Crippen molar-refractivity contribution in [3.63, 3.8) is 0 Å². The second-order valence-corrected chi connectivity index (χ2v) is 6.84. The molecule has 29 heavy (non-hydrogen) atoms. The van der Waals surface area contributed by atoms with Gasteiger partial charge in [0, 0.05) is 17.8 Å². The van der Waals surface area contributed by atoms with Crippen LogP contribution in [-0.2, 0) is 12.7 Å². The van der Waals surface area contributed by atoms with Crippen molar-refractivity contribution in [2.45, 2.75) is 19.6 Å². The van der Waals surface area contributed by atoms with Crippen molar-refractivity contribution < 1.29 is 18.0 Å². The molecule has 0 radical (unpaired) electrons. The molecule has 0 aliphatic carbocycles. The van der Waals surface area contributed by atoms with Crippen LogP contribution in [0.2, 0.25) is 5.02 Å². The summed E-state index contributed by atoms with van der Waals surface area (Å²) in [5.74, 6) is -0.621. The van der Waals surface area contributed by atoms with E-state index in [4.69, 9.17) is 11.6 Å². The van der Waals surface area contributed by atoms with Crippen LogP contribution in [0.15, 0.2) is 65.6 Å². The van der Waals surface area contributed by atoms with E-state index in [1.807, 2.05) is 0 Å². The van der Waals surface area contributed by atoms with Crippen molar-refractivity contribution in [2.75, 3.05) is 0 Å². The van der Waals surface area contributed by atoms with Crippen molar-refractivity contribution in [3.05, 3.63) is 98.4 Å². The second kappa shape index (κ2) is 8.13. The molecule has 1 heterocycles. The Morgan fingerprint density at radius 3 is 2.45 bits per heavy atom. The largest absolute Gasteiger partial charge is 0.416 e. The molecule has 1 amide bonds. The summed E-state index contributed by atoms with van der Waals surface area (Å²) < 4.78 is 40.2. The van der Waals surface area contributed by atoms with E-state index in [-0.39, 0.29) is 17.8 Å². The fourth-order valence-corrected chi connectivity index (χ4v) is 2.91. The minimum Gasteiger partial charge on any atom is -0.348 e. The topological polar surface area (TPSA) is 51.1 Å². The molecule has 0 aliphatic rings.